The van der Waals surface area contributed by atoms with Gasteiger partial charge in [0.25, 0.3) is 5.91 Å². The van der Waals surface area contributed by atoms with Gasteiger partial charge in [-0.15, -0.1) is 11.3 Å². The molecule has 3 rings (SSSR count). The number of aromatic nitrogens is 2. The topological polar surface area (TPSA) is 67.2 Å². The van der Waals surface area contributed by atoms with Crippen LogP contribution in [0.1, 0.15) is 59.6 Å². The Bertz CT molecular complexity index is 603. The minimum Gasteiger partial charge on any atom is -0.396 e. The minimum atomic E-state index is -0.177. The van der Waals surface area contributed by atoms with Gasteiger partial charge in [-0.3, -0.25) is 9.48 Å². The van der Waals surface area contributed by atoms with Gasteiger partial charge in [-0.1, -0.05) is 18.9 Å². The highest BCUT2D eigenvalue weighted by Crippen LogP contribution is 2.28. The van der Waals surface area contributed by atoms with Crippen molar-refractivity contribution < 1.29 is 9.90 Å². The number of amides is 1. The Labute approximate surface area is 134 Å². The van der Waals surface area contributed by atoms with Crippen molar-refractivity contribution in [3.8, 4) is 0 Å². The Hall–Kier alpha value is -1.66. The zero-order valence-corrected chi connectivity index (χ0v) is 13.3. The van der Waals surface area contributed by atoms with Gasteiger partial charge in [0.1, 0.15) is 5.69 Å². The lowest BCUT2D eigenvalue weighted by molar-refractivity contribution is 0.0924. The van der Waals surface area contributed by atoms with Crippen molar-refractivity contribution in [1.29, 1.82) is 0 Å². The van der Waals surface area contributed by atoms with Gasteiger partial charge in [-0.05, 0) is 36.8 Å². The normalized spacial score (nSPS) is 16.8. The molecule has 2 aromatic heterocycles. The summed E-state index contributed by atoms with van der Waals surface area (Å²) in [6, 6.07) is 5.98. The number of hydrogen-bond donors (Lipinski definition) is 2. The van der Waals surface area contributed by atoms with E-state index in [0.717, 1.165) is 17.7 Å². The Morgan fingerprint density at radius 2 is 2.27 bits per heavy atom. The first-order valence-corrected chi connectivity index (χ1v) is 8.66. The zero-order chi connectivity index (χ0) is 15.4. The predicted octanol–water partition coefficient (Wildman–Crippen LogP) is 2.91. The molecule has 1 aliphatic rings. The van der Waals surface area contributed by atoms with Crippen LogP contribution in [-0.2, 0) is 0 Å². The molecule has 1 saturated carbocycles. The highest BCUT2D eigenvalue weighted by atomic mass is 32.1. The van der Waals surface area contributed by atoms with Crippen molar-refractivity contribution in [3.63, 3.8) is 0 Å². The smallest absolute Gasteiger partial charge is 0.272 e. The molecule has 0 aromatic carbocycles. The molecule has 5 nitrogen and oxygen atoms in total. The first-order chi connectivity index (χ1) is 10.8. The Morgan fingerprint density at radius 3 is 2.95 bits per heavy atom. The lowest BCUT2D eigenvalue weighted by Gasteiger charge is -2.15. The molecule has 0 spiro atoms. The molecular formula is C16H21N3O2S. The fraction of sp³-hybridized carbons (Fsp3) is 0.500. The van der Waals surface area contributed by atoms with E-state index in [2.05, 4.69) is 10.4 Å². The summed E-state index contributed by atoms with van der Waals surface area (Å²) in [7, 11) is 0. The van der Waals surface area contributed by atoms with Crippen molar-refractivity contribution in [3.05, 3.63) is 40.3 Å². The molecule has 1 aliphatic carbocycles. The lowest BCUT2D eigenvalue weighted by atomic mass is 10.1. The lowest BCUT2D eigenvalue weighted by Crippen LogP contribution is -2.29. The monoisotopic (exact) mass is 319 g/mol. The summed E-state index contributed by atoms with van der Waals surface area (Å²) < 4.78 is 1.92. The quantitative estimate of drug-likeness (QED) is 0.860. The van der Waals surface area contributed by atoms with E-state index in [4.69, 9.17) is 0 Å². The van der Waals surface area contributed by atoms with Gasteiger partial charge in [0.2, 0.25) is 0 Å². The number of nitrogens with one attached hydrogen (secondary N) is 1. The van der Waals surface area contributed by atoms with Crippen molar-refractivity contribution in [2.75, 3.05) is 6.61 Å². The van der Waals surface area contributed by atoms with Gasteiger partial charge in [0.05, 0.1) is 12.1 Å². The highest BCUT2D eigenvalue weighted by Gasteiger charge is 2.21. The van der Waals surface area contributed by atoms with E-state index in [1.54, 1.807) is 17.4 Å². The maximum Gasteiger partial charge on any atom is 0.272 e. The number of carbonyl (C=O) groups is 1. The van der Waals surface area contributed by atoms with E-state index in [0.29, 0.717) is 18.2 Å². The average Bonchev–Trinajstić information content (AvgIpc) is 3.26. The van der Waals surface area contributed by atoms with Crippen molar-refractivity contribution >= 4 is 17.2 Å². The molecule has 2 N–H and O–H groups in total. The number of hydrogen-bond acceptors (Lipinski definition) is 4. The van der Waals surface area contributed by atoms with E-state index in [9.17, 15) is 9.90 Å². The molecule has 0 bridgehead atoms. The zero-order valence-electron chi connectivity index (χ0n) is 12.4. The highest BCUT2D eigenvalue weighted by molar-refractivity contribution is 7.10. The average molecular weight is 319 g/mol. The van der Waals surface area contributed by atoms with E-state index in [-0.39, 0.29) is 18.6 Å². The summed E-state index contributed by atoms with van der Waals surface area (Å²) in [4.78, 5) is 13.4. The molecule has 118 valence electrons. The van der Waals surface area contributed by atoms with Gasteiger partial charge in [0.15, 0.2) is 0 Å². The first-order valence-electron chi connectivity index (χ1n) is 7.78. The SMILES string of the molecule is O=C(NC(CCO)c1cccs1)c1ccn(C2CCCC2)n1. The third-order valence-corrected chi connectivity index (χ3v) is 5.14. The maximum absolute atomic E-state index is 12.4. The van der Waals surface area contributed by atoms with Gasteiger partial charge in [-0.25, -0.2) is 0 Å². The van der Waals surface area contributed by atoms with Crippen LogP contribution >= 0.6 is 11.3 Å². The maximum atomic E-state index is 12.4. The summed E-state index contributed by atoms with van der Waals surface area (Å²) in [6.45, 7) is 0.0410. The number of nitrogens with zero attached hydrogens (tertiary/aromatic N) is 2. The third kappa shape index (κ3) is 3.39. The van der Waals surface area contributed by atoms with Crippen LogP contribution in [-0.4, -0.2) is 27.4 Å². The second-order valence-corrected chi connectivity index (χ2v) is 6.65. The Morgan fingerprint density at radius 1 is 1.45 bits per heavy atom. The van der Waals surface area contributed by atoms with E-state index < -0.39 is 0 Å². The van der Waals surface area contributed by atoms with Crippen LogP contribution in [0.25, 0.3) is 0 Å². The van der Waals surface area contributed by atoms with Crippen molar-refractivity contribution in [1.82, 2.24) is 15.1 Å². The van der Waals surface area contributed by atoms with Crippen LogP contribution in [0.15, 0.2) is 29.8 Å². The second-order valence-electron chi connectivity index (χ2n) is 5.67. The van der Waals surface area contributed by atoms with Crippen molar-refractivity contribution in [2.24, 2.45) is 0 Å². The van der Waals surface area contributed by atoms with Gasteiger partial charge in [-0.2, -0.15) is 5.10 Å². The number of aliphatic hydroxyl groups excluding tert-OH is 1. The second kappa shape index (κ2) is 7.07. The molecule has 2 aromatic rings. The van der Waals surface area contributed by atoms with E-state index >= 15 is 0 Å². The first kappa shape index (κ1) is 15.2. The summed E-state index contributed by atoms with van der Waals surface area (Å²) in [5.74, 6) is -0.177. The van der Waals surface area contributed by atoms with Gasteiger partial charge in [0, 0.05) is 17.7 Å². The van der Waals surface area contributed by atoms with Crippen LogP contribution in [0.4, 0.5) is 0 Å². The number of thiophene rings is 1. The largest absolute Gasteiger partial charge is 0.396 e. The summed E-state index contributed by atoms with van der Waals surface area (Å²) in [5, 5.41) is 18.6. The molecule has 0 saturated heterocycles. The van der Waals surface area contributed by atoms with E-state index in [1.165, 1.54) is 12.8 Å². The molecule has 1 amide bonds. The molecule has 1 unspecified atom stereocenters. The molecule has 1 fully saturated rings. The molecule has 2 heterocycles. The summed E-state index contributed by atoms with van der Waals surface area (Å²) in [6.07, 6.45) is 7.18. The number of rotatable bonds is 6. The van der Waals surface area contributed by atoms with Crippen LogP contribution in [0.5, 0.6) is 0 Å². The molecule has 1 atom stereocenters. The van der Waals surface area contributed by atoms with Gasteiger partial charge < -0.3 is 10.4 Å². The molecule has 0 aliphatic heterocycles. The van der Waals surface area contributed by atoms with E-state index in [1.807, 2.05) is 28.4 Å². The fourth-order valence-corrected chi connectivity index (χ4v) is 3.78. The van der Waals surface area contributed by atoms with Crippen molar-refractivity contribution in [2.45, 2.75) is 44.2 Å². The number of aliphatic hydroxyl groups is 1. The molecular weight excluding hydrogens is 298 g/mol. The van der Waals surface area contributed by atoms with Crippen LogP contribution in [0.3, 0.4) is 0 Å². The summed E-state index contributed by atoms with van der Waals surface area (Å²) >= 11 is 1.58. The summed E-state index contributed by atoms with van der Waals surface area (Å²) in [5.41, 5.74) is 0.450. The van der Waals surface area contributed by atoms with Crippen LogP contribution < -0.4 is 5.32 Å². The third-order valence-electron chi connectivity index (χ3n) is 4.15. The standard InChI is InChI=1S/C16H21N3O2S/c20-10-8-13(15-6-3-11-22-15)17-16(21)14-7-9-19(18-14)12-4-1-2-5-12/h3,6-7,9,11-13,20H,1-2,4-5,8,10H2,(H,17,21). The fourth-order valence-electron chi connectivity index (χ4n) is 2.97. The Balaban J connectivity index is 1.67. The predicted molar refractivity (Wildman–Crippen MR) is 86.0 cm³/mol. The van der Waals surface area contributed by atoms with Crippen LogP contribution in [0, 0.1) is 0 Å². The van der Waals surface area contributed by atoms with Crippen LogP contribution in [0.2, 0.25) is 0 Å². The molecule has 22 heavy (non-hydrogen) atoms. The number of carbonyl (C=O) groups excluding carboxylic acids is 1. The molecule has 6 heteroatoms. The van der Waals surface area contributed by atoms with Gasteiger partial charge >= 0.3 is 0 Å². The Kier molecular flexibility index (Phi) is 4.90. The minimum absolute atomic E-state index is 0.0410. The molecule has 0 radical (unpaired) electrons.